The minimum Gasteiger partial charge on any atom is -0.347 e. The fraction of sp³-hybridized carbons (Fsp3) is 0.478. The summed E-state index contributed by atoms with van der Waals surface area (Å²) in [6.07, 6.45) is 2.60. The van der Waals surface area contributed by atoms with Gasteiger partial charge >= 0.3 is 0 Å². The van der Waals surface area contributed by atoms with Gasteiger partial charge in [0.05, 0.1) is 9.88 Å². The van der Waals surface area contributed by atoms with Gasteiger partial charge in [0.1, 0.15) is 0 Å². The molecule has 0 unspecified atom stereocenters. The summed E-state index contributed by atoms with van der Waals surface area (Å²) in [5.74, 6) is -0.162. The molecule has 0 aliphatic carbocycles. The molecule has 2 N–H and O–H groups in total. The number of likely N-dealkylation sites (tertiary alicyclic amines) is 1. The summed E-state index contributed by atoms with van der Waals surface area (Å²) >= 11 is 1.32. The van der Waals surface area contributed by atoms with E-state index in [4.69, 9.17) is 0 Å². The van der Waals surface area contributed by atoms with Crippen LogP contribution in [0.2, 0.25) is 0 Å². The van der Waals surface area contributed by atoms with E-state index in [-0.39, 0.29) is 11.8 Å². The zero-order valence-electron chi connectivity index (χ0n) is 17.8. The third-order valence-electron chi connectivity index (χ3n) is 5.12. The van der Waals surface area contributed by atoms with Crippen LogP contribution < -0.4 is 10.6 Å². The molecule has 1 aliphatic heterocycles. The van der Waals surface area contributed by atoms with Crippen LogP contribution in [0.15, 0.2) is 30.3 Å². The molecule has 6 heteroatoms. The van der Waals surface area contributed by atoms with Crippen molar-refractivity contribution in [3.05, 3.63) is 51.9 Å². The normalized spacial score (nSPS) is 14.8. The summed E-state index contributed by atoms with van der Waals surface area (Å²) in [4.78, 5) is 27.9. The van der Waals surface area contributed by atoms with Crippen LogP contribution in [0.4, 0.5) is 5.00 Å². The van der Waals surface area contributed by atoms with E-state index >= 15 is 0 Å². The number of amides is 2. The van der Waals surface area contributed by atoms with E-state index in [9.17, 15) is 9.59 Å². The SMILES string of the molecule is Cc1cc(NC(=O)C(C)(C)C)sc1C(=O)NCc1ccc(CN2CCCC2)cc1. The van der Waals surface area contributed by atoms with Crippen molar-refractivity contribution in [1.82, 2.24) is 10.2 Å². The Kier molecular flexibility index (Phi) is 6.75. The number of thiophene rings is 1. The van der Waals surface area contributed by atoms with E-state index in [1.54, 1.807) is 0 Å². The topological polar surface area (TPSA) is 61.4 Å². The number of nitrogens with zero attached hydrogens (tertiary/aromatic N) is 1. The van der Waals surface area contributed by atoms with Crippen LogP contribution >= 0.6 is 11.3 Å². The predicted octanol–water partition coefficient (Wildman–Crippen LogP) is 4.57. The number of hydrogen-bond acceptors (Lipinski definition) is 4. The molecule has 0 radical (unpaired) electrons. The lowest BCUT2D eigenvalue weighted by atomic mass is 9.96. The first-order chi connectivity index (χ1) is 13.7. The van der Waals surface area contributed by atoms with Crippen molar-refractivity contribution in [2.45, 2.75) is 53.6 Å². The molecular weight excluding hydrogens is 382 g/mol. The molecule has 0 spiro atoms. The molecule has 156 valence electrons. The lowest BCUT2D eigenvalue weighted by molar-refractivity contribution is -0.123. The Morgan fingerprint density at radius 2 is 1.69 bits per heavy atom. The molecular formula is C23H31N3O2S. The van der Waals surface area contributed by atoms with Gasteiger partial charge < -0.3 is 10.6 Å². The monoisotopic (exact) mass is 413 g/mol. The molecule has 0 bridgehead atoms. The highest BCUT2D eigenvalue weighted by Gasteiger charge is 2.23. The summed E-state index contributed by atoms with van der Waals surface area (Å²) < 4.78 is 0. The first kappa shape index (κ1) is 21.5. The highest BCUT2D eigenvalue weighted by atomic mass is 32.1. The van der Waals surface area contributed by atoms with Crippen molar-refractivity contribution in [2.75, 3.05) is 18.4 Å². The number of aryl methyl sites for hydroxylation is 1. The third kappa shape index (κ3) is 5.90. The molecule has 2 heterocycles. The van der Waals surface area contributed by atoms with Crippen LogP contribution in [0.1, 0.15) is 60.0 Å². The van der Waals surface area contributed by atoms with Crippen molar-refractivity contribution in [1.29, 1.82) is 0 Å². The van der Waals surface area contributed by atoms with Gasteiger partial charge in [-0.3, -0.25) is 14.5 Å². The predicted molar refractivity (Wildman–Crippen MR) is 119 cm³/mol. The number of rotatable bonds is 6. The van der Waals surface area contributed by atoms with Crippen molar-refractivity contribution in [2.24, 2.45) is 5.41 Å². The number of benzene rings is 1. The van der Waals surface area contributed by atoms with Crippen LogP contribution in [0.25, 0.3) is 0 Å². The van der Waals surface area contributed by atoms with Gasteiger partial charge in [-0.05, 0) is 55.6 Å². The molecule has 0 saturated carbocycles. The van der Waals surface area contributed by atoms with Gasteiger partial charge in [-0.1, -0.05) is 45.0 Å². The second kappa shape index (κ2) is 9.09. The second-order valence-corrected chi connectivity index (χ2v) is 9.86. The first-order valence-corrected chi connectivity index (χ1v) is 11.0. The van der Waals surface area contributed by atoms with Gasteiger partial charge in [0.25, 0.3) is 5.91 Å². The summed E-state index contributed by atoms with van der Waals surface area (Å²) in [6, 6.07) is 10.3. The summed E-state index contributed by atoms with van der Waals surface area (Å²) in [7, 11) is 0. The number of anilines is 1. The van der Waals surface area contributed by atoms with Gasteiger partial charge in [0.15, 0.2) is 0 Å². The number of carbonyl (C=O) groups excluding carboxylic acids is 2. The Bertz CT molecular complexity index is 859. The average molecular weight is 414 g/mol. The van der Waals surface area contributed by atoms with Crippen molar-refractivity contribution in [3.8, 4) is 0 Å². The minimum atomic E-state index is -0.471. The van der Waals surface area contributed by atoms with Crippen LogP contribution in [0.5, 0.6) is 0 Å². The largest absolute Gasteiger partial charge is 0.347 e. The molecule has 3 rings (SSSR count). The maximum Gasteiger partial charge on any atom is 0.261 e. The van der Waals surface area contributed by atoms with E-state index in [1.165, 1.54) is 42.8 Å². The van der Waals surface area contributed by atoms with E-state index in [0.29, 0.717) is 16.4 Å². The fourth-order valence-electron chi connectivity index (χ4n) is 3.29. The van der Waals surface area contributed by atoms with Crippen LogP contribution in [-0.4, -0.2) is 29.8 Å². The lowest BCUT2D eigenvalue weighted by Gasteiger charge is -2.16. The Morgan fingerprint density at radius 3 is 2.31 bits per heavy atom. The fourth-order valence-corrected chi connectivity index (χ4v) is 4.28. The van der Waals surface area contributed by atoms with Gasteiger partial charge in [-0.25, -0.2) is 0 Å². The van der Waals surface area contributed by atoms with E-state index in [2.05, 4.69) is 39.8 Å². The number of hydrogen-bond donors (Lipinski definition) is 2. The Labute approximate surface area is 177 Å². The molecule has 5 nitrogen and oxygen atoms in total. The third-order valence-corrected chi connectivity index (χ3v) is 6.27. The molecule has 1 saturated heterocycles. The number of carbonyl (C=O) groups is 2. The summed E-state index contributed by atoms with van der Waals surface area (Å²) in [5.41, 5.74) is 2.80. The summed E-state index contributed by atoms with van der Waals surface area (Å²) in [5, 5.41) is 6.60. The van der Waals surface area contributed by atoms with Crippen LogP contribution in [0, 0.1) is 12.3 Å². The van der Waals surface area contributed by atoms with Crippen molar-refractivity contribution in [3.63, 3.8) is 0 Å². The maximum absolute atomic E-state index is 12.6. The molecule has 1 fully saturated rings. The van der Waals surface area contributed by atoms with Crippen LogP contribution in [-0.2, 0) is 17.9 Å². The quantitative estimate of drug-likeness (QED) is 0.729. The maximum atomic E-state index is 12.6. The first-order valence-electron chi connectivity index (χ1n) is 10.2. The van der Waals surface area contributed by atoms with Gasteiger partial charge in [0, 0.05) is 18.5 Å². The zero-order chi connectivity index (χ0) is 21.0. The standard InChI is InChI=1S/C23H31N3O2S/c1-16-13-19(25-22(28)23(2,3)4)29-20(16)21(27)24-14-17-7-9-18(10-8-17)15-26-11-5-6-12-26/h7-10,13H,5-6,11-12,14-15H2,1-4H3,(H,24,27)(H,25,28). The zero-order valence-corrected chi connectivity index (χ0v) is 18.6. The highest BCUT2D eigenvalue weighted by molar-refractivity contribution is 7.18. The van der Waals surface area contributed by atoms with E-state index in [0.717, 1.165) is 17.7 Å². The van der Waals surface area contributed by atoms with E-state index < -0.39 is 5.41 Å². The lowest BCUT2D eigenvalue weighted by Crippen LogP contribution is -2.27. The van der Waals surface area contributed by atoms with Gasteiger partial charge in [-0.2, -0.15) is 0 Å². The molecule has 1 aromatic carbocycles. The second-order valence-electron chi connectivity index (χ2n) is 8.81. The Hall–Kier alpha value is -2.18. The highest BCUT2D eigenvalue weighted by Crippen LogP contribution is 2.28. The summed E-state index contributed by atoms with van der Waals surface area (Å²) in [6.45, 7) is 11.4. The molecule has 0 atom stereocenters. The van der Waals surface area contributed by atoms with Gasteiger partial charge in [-0.15, -0.1) is 11.3 Å². The van der Waals surface area contributed by atoms with Crippen molar-refractivity contribution < 1.29 is 9.59 Å². The number of nitrogens with one attached hydrogen (secondary N) is 2. The molecule has 1 aromatic heterocycles. The van der Waals surface area contributed by atoms with Crippen molar-refractivity contribution >= 4 is 28.2 Å². The van der Waals surface area contributed by atoms with Gasteiger partial charge in [0.2, 0.25) is 5.91 Å². The molecule has 29 heavy (non-hydrogen) atoms. The average Bonchev–Trinajstić information content (AvgIpc) is 3.29. The van der Waals surface area contributed by atoms with Crippen LogP contribution in [0.3, 0.4) is 0 Å². The molecule has 2 amide bonds. The Balaban J connectivity index is 1.54. The smallest absolute Gasteiger partial charge is 0.261 e. The Morgan fingerprint density at radius 1 is 1.07 bits per heavy atom. The molecule has 2 aromatic rings. The minimum absolute atomic E-state index is 0.0558. The molecule has 1 aliphatic rings. The van der Waals surface area contributed by atoms with E-state index in [1.807, 2.05) is 33.8 Å².